The largest absolute Gasteiger partial charge is 0.396 e. The van der Waals surface area contributed by atoms with E-state index in [1.807, 2.05) is 12.4 Å². The first-order chi connectivity index (χ1) is 8.22. The van der Waals surface area contributed by atoms with E-state index in [4.69, 9.17) is 5.11 Å². The normalized spacial score (nSPS) is 11.1. The maximum atomic E-state index is 8.87. The molecule has 90 valence electrons. The van der Waals surface area contributed by atoms with Crippen LogP contribution in [0.2, 0.25) is 0 Å². The number of aromatic nitrogens is 2. The SMILES string of the molecule is CC(C)c1nccn1-c1ccc(CCO)cc1. The number of hydrogen-bond donors (Lipinski definition) is 1. The van der Waals surface area contributed by atoms with E-state index in [2.05, 4.69) is 47.7 Å². The highest BCUT2D eigenvalue weighted by molar-refractivity contribution is 5.36. The molecule has 0 saturated carbocycles. The van der Waals surface area contributed by atoms with Crippen LogP contribution in [0.15, 0.2) is 36.7 Å². The topological polar surface area (TPSA) is 38.0 Å². The van der Waals surface area contributed by atoms with Gasteiger partial charge in [0.2, 0.25) is 0 Å². The van der Waals surface area contributed by atoms with Gasteiger partial charge in [0.25, 0.3) is 0 Å². The second-order valence-electron chi connectivity index (χ2n) is 4.45. The molecule has 1 aromatic carbocycles. The van der Waals surface area contributed by atoms with Gasteiger partial charge in [-0.05, 0) is 24.1 Å². The molecule has 1 heterocycles. The van der Waals surface area contributed by atoms with E-state index in [1.54, 1.807) is 0 Å². The van der Waals surface area contributed by atoms with Gasteiger partial charge in [-0.3, -0.25) is 0 Å². The van der Waals surface area contributed by atoms with Gasteiger partial charge in [-0.2, -0.15) is 0 Å². The summed E-state index contributed by atoms with van der Waals surface area (Å²) in [6, 6.07) is 8.24. The third-order valence-corrected chi connectivity index (χ3v) is 2.80. The molecule has 0 fully saturated rings. The summed E-state index contributed by atoms with van der Waals surface area (Å²) in [5.41, 5.74) is 2.27. The van der Waals surface area contributed by atoms with Crippen molar-refractivity contribution >= 4 is 0 Å². The van der Waals surface area contributed by atoms with Crippen LogP contribution in [0.1, 0.15) is 31.2 Å². The van der Waals surface area contributed by atoms with Crippen LogP contribution >= 0.6 is 0 Å². The van der Waals surface area contributed by atoms with E-state index in [-0.39, 0.29) is 6.61 Å². The van der Waals surface area contributed by atoms with E-state index in [0.29, 0.717) is 12.3 Å². The summed E-state index contributed by atoms with van der Waals surface area (Å²) >= 11 is 0. The Bertz CT molecular complexity index is 471. The second kappa shape index (κ2) is 5.15. The molecule has 0 bridgehead atoms. The van der Waals surface area contributed by atoms with Crippen molar-refractivity contribution in [3.63, 3.8) is 0 Å². The van der Waals surface area contributed by atoms with Crippen molar-refractivity contribution in [2.24, 2.45) is 0 Å². The lowest BCUT2D eigenvalue weighted by atomic mass is 10.1. The van der Waals surface area contributed by atoms with Crippen LogP contribution in [-0.4, -0.2) is 21.3 Å². The Morgan fingerprint density at radius 3 is 2.53 bits per heavy atom. The first-order valence-electron chi connectivity index (χ1n) is 5.96. The molecule has 2 aromatic rings. The molecule has 0 aliphatic heterocycles. The van der Waals surface area contributed by atoms with Crippen molar-refractivity contribution in [1.29, 1.82) is 0 Å². The van der Waals surface area contributed by atoms with Crippen molar-refractivity contribution in [1.82, 2.24) is 9.55 Å². The third-order valence-electron chi connectivity index (χ3n) is 2.80. The standard InChI is InChI=1S/C14H18N2O/c1-11(2)14-15-8-9-16(14)13-5-3-12(4-6-13)7-10-17/h3-6,8-9,11,17H,7,10H2,1-2H3. The number of hydrogen-bond acceptors (Lipinski definition) is 2. The number of benzene rings is 1. The lowest BCUT2D eigenvalue weighted by Gasteiger charge is -2.10. The minimum absolute atomic E-state index is 0.196. The van der Waals surface area contributed by atoms with Crippen molar-refractivity contribution < 1.29 is 5.11 Å². The second-order valence-corrected chi connectivity index (χ2v) is 4.45. The molecule has 0 saturated heterocycles. The summed E-state index contributed by atoms with van der Waals surface area (Å²) in [7, 11) is 0. The predicted molar refractivity (Wildman–Crippen MR) is 68.4 cm³/mol. The number of aliphatic hydroxyl groups is 1. The molecular formula is C14H18N2O. The Kier molecular flexibility index (Phi) is 3.59. The summed E-state index contributed by atoms with van der Waals surface area (Å²) in [6.07, 6.45) is 4.52. The van der Waals surface area contributed by atoms with Gasteiger partial charge in [0.1, 0.15) is 5.82 Å². The van der Waals surface area contributed by atoms with Crippen LogP contribution in [0.5, 0.6) is 0 Å². The van der Waals surface area contributed by atoms with Gasteiger partial charge < -0.3 is 9.67 Å². The number of aliphatic hydroxyl groups excluding tert-OH is 1. The molecule has 0 unspecified atom stereocenters. The van der Waals surface area contributed by atoms with Crippen molar-refractivity contribution in [2.45, 2.75) is 26.2 Å². The Hall–Kier alpha value is -1.61. The monoisotopic (exact) mass is 230 g/mol. The van der Waals surface area contributed by atoms with Crippen molar-refractivity contribution in [2.75, 3.05) is 6.61 Å². The molecule has 3 heteroatoms. The van der Waals surface area contributed by atoms with Crippen LogP contribution < -0.4 is 0 Å². The molecule has 3 nitrogen and oxygen atoms in total. The highest BCUT2D eigenvalue weighted by atomic mass is 16.2. The highest BCUT2D eigenvalue weighted by Gasteiger charge is 2.08. The van der Waals surface area contributed by atoms with Gasteiger partial charge in [0.15, 0.2) is 0 Å². The smallest absolute Gasteiger partial charge is 0.115 e. The molecule has 0 atom stereocenters. The Morgan fingerprint density at radius 1 is 1.24 bits per heavy atom. The van der Waals surface area contributed by atoms with Crippen LogP contribution in [-0.2, 0) is 6.42 Å². The maximum absolute atomic E-state index is 8.87. The van der Waals surface area contributed by atoms with E-state index in [9.17, 15) is 0 Å². The quantitative estimate of drug-likeness (QED) is 0.876. The molecule has 1 N–H and O–H groups in total. The van der Waals surface area contributed by atoms with Crippen LogP contribution in [0, 0.1) is 0 Å². The third kappa shape index (κ3) is 2.56. The van der Waals surface area contributed by atoms with Gasteiger partial charge in [-0.1, -0.05) is 26.0 Å². The van der Waals surface area contributed by atoms with Crippen molar-refractivity contribution in [3.8, 4) is 5.69 Å². The van der Waals surface area contributed by atoms with Crippen molar-refractivity contribution in [3.05, 3.63) is 48.0 Å². The molecule has 0 radical (unpaired) electrons. The summed E-state index contributed by atoms with van der Waals surface area (Å²) in [4.78, 5) is 4.37. The lowest BCUT2D eigenvalue weighted by Crippen LogP contribution is -2.02. The van der Waals surface area contributed by atoms with E-state index in [0.717, 1.165) is 17.1 Å². The summed E-state index contributed by atoms with van der Waals surface area (Å²) < 4.78 is 2.10. The van der Waals surface area contributed by atoms with E-state index >= 15 is 0 Å². The van der Waals surface area contributed by atoms with Gasteiger partial charge >= 0.3 is 0 Å². The van der Waals surface area contributed by atoms with Crippen LogP contribution in [0.3, 0.4) is 0 Å². The van der Waals surface area contributed by atoms with E-state index < -0.39 is 0 Å². The Balaban J connectivity index is 2.30. The fourth-order valence-corrected chi connectivity index (χ4v) is 1.91. The van der Waals surface area contributed by atoms with Gasteiger partial charge in [0, 0.05) is 30.6 Å². The Morgan fingerprint density at radius 2 is 1.94 bits per heavy atom. The molecule has 17 heavy (non-hydrogen) atoms. The average Bonchev–Trinajstić information content (AvgIpc) is 2.79. The number of nitrogens with zero attached hydrogens (tertiary/aromatic N) is 2. The molecule has 0 amide bonds. The van der Waals surface area contributed by atoms with Crippen LogP contribution in [0.4, 0.5) is 0 Å². The fraction of sp³-hybridized carbons (Fsp3) is 0.357. The maximum Gasteiger partial charge on any atom is 0.115 e. The average molecular weight is 230 g/mol. The molecule has 0 aliphatic rings. The minimum Gasteiger partial charge on any atom is -0.396 e. The zero-order chi connectivity index (χ0) is 12.3. The molecule has 0 spiro atoms. The van der Waals surface area contributed by atoms with E-state index in [1.165, 1.54) is 0 Å². The zero-order valence-electron chi connectivity index (χ0n) is 10.3. The molecular weight excluding hydrogens is 212 g/mol. The first kappa shape index (κ1) is 11.9. The van der Waals surface area contributed by atoms with Gasteiger partial charge in [-0.15, -0.1) is 0 Å². The summed E-state index contributed by atoms with van der Waals surface area (Å²) in [5.74, 6) is 1.47. The molecule has 0 aliphatic carbocycles. The number of imidazole rings is 1. The molecule has 1 aromatic heterocycles. The van der Waals surface area contributed by atoms with Crippen LogP contribution in [0.25, 0.3) is 5.69 Å². The lowest BCUT2D eigenvalue weighted by molar-refractivity contribution is 0.299. The highest BCUT2D eigenvalue weighted by Crippen LogP contribution is 2.18. The van der Waals surface area contributed by atoms with Gasteiger partial charge in [-0.25, -0.2) is 4.98 Å². The summed E-state index contributed by atoms with van der Waals surface area (Å²) in [5, 5.41) is 8.87. The Labute approximate surface area is 102 Å². The van der Waals surface area contributed by atoms with Gasteiger partial charge in [0.05, 0.1) is 0 Å². The summed E-state index contributed by atoms with van der Waals surface area (Å²) in [6.45, 7) is 4.47. The zero-order valence-corrected chi connectivity index (χ0v) is 10.3. The predicted octanol–water partition coefficient (Wildman–Crippen LogP) is 2.53. The first-order valence-corrected chi connectivity index (χ1v) is 5.96. The molecule has 2 rings (SSSR count). The number of rotatable bonds is 4. The fourth-order valence-electron chi connectivity index (χ4n) is 1.91. The minimum atomic E-state index is 0.196.